The molecule has 0 heterocycles. The minimum absolute atomic E-state index is 0.0309. The molecule has 0 aromatic heterocycles. The Morgan fingerprint density at radius 1 is 1.18 bits per heavy atom. The molecule has 0 aliphatic carbocycles. The van der Waals surface area contributed by atoms with E-state index in [1.807, 2.05) is 49.4 Å². The van der Waals surface area contributed by atoms with Crippen molar-refractivity contribution >= 4 is 17.5 Å². The molecule has 1 N–H and O–H groups in total. The lowest BCUT2D eigenvalue weighted by atomic mass is 10.1. The summed E-state index contributed by atoms with van der Waals surface area (Å²) in [6.45, 7) is 3.78. The van der Waals surface area contributed by atoms with E-state index in [2.05, 4.69) is 5.32 Å². The molecule has 0 atom stereocenters. The molecule has 0 aliphatic heterocycles. The largest absolute Gasteiger partial charge is 0.337 e. The Balaban J connectivity index is 1.87. The molecule has 0 unspecified atom stereocenters. The van der Waals surface area contributed by atoms with Gasteiger partial charge in [0.15, 0.2) is 0 Å². The fourth-order valence-corrected chi connectivity index (χ4v) is 2.99. The number of halogens is 2. The number of hydrogen-bond donors (Lipinski definition) is 1. The zero-order chi connectivity index (χ0) is 20.4. The summed E-state index contributed by atoms with van der Waals surface area (Å²) < 4.78 is 12.9. The molecule has 1 amide bonds. The smallest absolute Gasteiger partial charge is 0.253 e. The molecule has 3 nitrogen and oxygen atoms in total. The maximum absolute atomic E-state index is 12.9. The predicted octanol–water partition coefficient (Wildman–Crippen LogP) is 5.12. The first-order valence-corrected chi connectivity index (χ1v) is 9.65. The number of carbonyl (C=O) groups excluding carboxylic acids is 1. The van der Waals surface area contributed by atoms with Gasteiger partial charge < -0.3 is 10.2 Å². The Bertz CT molecular complexity index is 831. The first-order valence-electron chi connectivity index (χ1n) is 9.27. The van der Waals surface area contributed by atoms with Crippen LogP contribution < -0.4 is 5.32 Å². The summed E-state index contributed by atoms with van der Waals surface area (Å²) in [6, 6.07) is 13.9. The van der Waals surface area contributed by atoms with E-state index in [-0.39, 0.29) is 11.7 Å². The standard InChI is InChI=1S/C23H26ClFN2O/c1-3-6-20(8-5-14-26-16-18-10-12-22(25)13-11-18)23(28)27(2)17-19-7-4-9-21(24)15-19/h3-4,6-13,15,26H,5,14,16-17H2,1-2H3/b6-3-,20-8+. The summed E-state index contributed by atoms with van der Waals surface area (Å²) in [7, 11) is 1.79. The van der Waals surface area contributed by atoms with Crippen molar-refractivity contribution in [1.29, 1.82) is 0 Å². The van der Waals surface area contributed by atoms with Crippen LogP contribution in [0.2, 0.25) is 5.02 Å². The van der Waals surface area contributed by atoms with Crippen LogP contribution in [0.5, 0.6) is 0 Å². The van der Waals surface area contributed by atoms with E-state index in [4.69, 9.17) is 11.6 Å². The number of hydrogen-bond acceptors (Lipinski definition) is 2. The van der Waals surface area contributed by atoms with Crippen molar-refractivity contribution in [3.63, 3.8) is 0 Å². The molecule has 2 aromatic carbocycles. The zero-order valence-corrected chi connectivity index (χ0v) is 17.0. The van der Waals surface area contributed by atoms with E-state index >= 15 is 0 Å². The summed E-state index contributed by atoms with van der Waals surface area (Å²) in [5, 5.41) is 3.96. The van der Waals surface area contributed by atoms with Gasteiger partial charge in [0, 0.05) is 30.7 Å². The van der Waals surface area contributed by atoms with Gasteiger partial charge in [-0.15, -0.1) is 0 Å². The van der Waals surface area contributed by atoms with Crippen LogP contribution in [0.3, 0.4) is 0 Å². The molecule has 0 saturated heterocycles. The zero-order valence-electron chi connectivity index (χ0n) is 16.3. The van der Waals surface area contributed by atoms with Crippen molar-refractivity contribution in [3.8, 4) is 0 Å². The molecular formula is C23H26ClFN2O. The molecule has 0 bridgehead atoms. The minimum Gasteiger partial charge on any atom is -0.337 e. The van der Waals surface area contributed by atoms with Crippen LogP contribution in [0.15, 0.2) is 72.3 Å². The number of rotatable bonds is 9. The van der Waals surface area contributed by atoms with Crippen molar-refractivity contribution in [2.45, 2.75) is 26.4 Å². The van der Waals surface area contributed by atoms with Crippen molar-refractivity contribution < 1.29 is 9.18 Å². The van der Waals surface area contributed by atoms with Crippen LogP contribution >= 0.6 is 11.6 Å². The lowest BCUT2D eigenvalue weighted by Crippen LogP contribution is -2.27. The van der Waals surface area contributed by atoms with Gasteiger partial charge in [0.05, 0.1) is 0 Å². The highest BCUT2D eigenvalue weighted by atomic mass is 35.5. The molecule has 2 rings (SSSR count). The summed E-state index contributed by atoms with van der Waals surface area (Å²) in [5.41, 5.74) is 2.68. The van der Waals surface area contributed by atoms with Gasteiger partial charge in [-0.05, 0) is 55.3 Å². The fraction of sp³-hybridized carbons (Fsp3) is 0.261. The van der Waals surface area contributed by atoms with Crippen LogP contribution in [0.4, 0.5) is 4.39 Å². The van der Waals surface area contributed by atoms with E-state index in [1.54, 1.807) is 24.1 Å². The Hall–Kier alpha value is -2.43. The Morgan fingerprint density at radius 3 is 2.61 bits per heavy atom. The third kappa shape index (κ3) is 7.29. The lowest BCUT2D eigenvalue weighted by Gasteiger charge is -2.18. The first-order chi connectivity index (χ1) is 13.5. The molecule has 28 heavy (non-hydrogen) atoms. The molecule has 148 valence electrons. The van der Waals surface area contributed by atoms with Gasteiger partial charge in [0.25, 0.3) is 5.91 Å². The highest BCUT2D eigenvalue weighted by molar-refractivity contribution is 6.30. The Morgan fingerprint density at radius 2 is 1.93 bits per heavy atom. The van der Waals surface area contributed by atoms with Gasteiger partial charge in [-0.1, -0.05) is 54.1 Å². The number of carbonyl (C=O) groups is 1. The lowest BCUT2D eigenvalue weighted by molar-refractivity contribution is -0.126. The van der Waals surface area contributed by atoms with E-state index in [0.717, 1.165) is 24.1 Å². The van der Waals surface area contributed by atoms with E-state index < -0.39 is 0 Å². The van der Waals surface area contributed by atoms with Gasteiger partial charge in [-0.3, -0.25) is 4.79 Å². The third-order valence-corrected chi connectivity index (χ3v) is 4.41. The van der Waals surface area contributed by atoms with Gasteiger partial charge in [-0.25, -0.2) is 4.39 Å². The molecule has 2 aromatic rings. The van der Waals surface area contributed by atoms with E-state index in [9.17, 15) is 9.18 Å². The number of nitrogens with zero attached hydrogens (tertiary/aromatic N) is 1. The maximum Gasteiger partial charge on any atom is 0.253 e. The van der Waals surface area contributed by atoms with Crippen LogP contribution in [-0.4, -0.2) is 24.4 Å². The number of amides is 1. The summed E-state index contributed by atoms with van der Waals surface area (Å²) in [6.07, 6.45) is 6.35. The summed E-state index contributed by atoms with van der Waals surface area (Å²) >= 11 is 6.02. The average molecular weight is 401 g/mol. The van der Waals surface area contributed by atoms with Crippen molar-refractivity contribution in [2.75, 3.05) is 13.6 Å². The molecule has 0 aliphatic rings. The van der Waals surface area contributed by atoms with Gasteiger partial charge in [0.2, 0.25) is 0 Å². The molecule has 0 saturated carbocycles. The quantitative estimate of drug-likeness (QED) is 0.360. The predicted molar refractivity (Wildman–Crippen MR) is 114 cm³/mol. The molecule has 0 radical (unpaired) electrons. The Labute approximate surface area is 171 Å². The van der Waals surface area contributed by atoms with Gasteiger partial charge in [-0.2, -0.15) is 0 Å². The SMILES string of the molecule is C/C=C\C(=C/CCNCc1ccc(F)cc1)C(=O)N(C)Cc1cccc(Cl)c1. The van der Waals surface area contributed by atoms with E-state index in [0.29, 0.717) is 23.7 Å². The normalized spacial score (nSPS) is 11.8. The number of allylic oxidation sites excluding steroid dienone is 1. The third-order valence-electron chi connectivity index (χ3n) is 4.18. The average Bonchev–Trinajstić information content (AvgIpc) is 2.67. The number of nitrogens with one attached hydrogen (secondary N) is 1. The Kier molecular flexibility index (Phi) is 8.92. The van der Waals surface area contributed by atoms with Crippen LogP contribution in [0.1, 0.15) is 24.5 Å². The van der Waals surface area contributed by atoms with E-state index in [1.165, 1.54) is 12.1 Å². The summed E-state index contributed by atoms with van der Waals surface area (Å²) in [5.74, 6) is -0.264. The molecule has 0 fully saturated rings. The van der Waals surface area contributed by atoms with Crippen LogP contribution in [0, 0.1) is 5.82 Å². The summed E-state index contributed by atoms with van der Waals surface area (Å²) in [4.78, 5) is 14.4. The van der Waals surface area contributed by atoms with Crippen LogP contribution in [0.25, 0.3) is 0 Å². The second-order valence-corrected chi connectivity index (χ2v) is 6.98. The first kappa shape index (κ1) is 21.9. The van der Waals surface area contributed by atoms with Crippen molar-refractivity contribution in [2.24, 2.45) is 0 Å². The topological polar surface area (TPSA) is 32.3 Å². The monoisotopic (exact) mass is 400 g/mol. The second-order valence-electron chi connectivity index (χ2n) is 6.54. The number of likely N-dealkylation sites (N-methyl/N-ethyl adjacent to an activating group) is 1. The molecule has 0 spiro atoms. The minimum atomic E-state index is -0.233. The van der Waals surface area contributed by atoms with Crippen molar-refractivity contribution in [1.82, 2.24) is 10.2 Å². The van der Waals surface area contributed by atoms with Crippen LogP contribution in [-0.2, 0) is 17.9 Å². The maximum atomic E-state index is 12.9. The number of benzene rings is 2. The fourth-order valence-electron chi connectivity index (χ4n) is 2.77. The highest BCUT2D eigenvalue weighted by Crippen LogP contribution is 2.14. The second kappa shape index (κ2) is 11.4. The highest BCUT2D eigenvalue weighted by Gasteiger charge is 2.12. The molecular weight excluding hydrogens is 375 g/mol. The van der Waals surface area contributed by atoms with Crippen molar-refractivity contribution in [3.05, 3.63) is 94.3 Å². The van der Waals surface area contributed by atoms with Gasteiger partial charge >= 0.3 is 0 Å². The van der Waals surface area contributed by atoms with Gasteiger partial charge in [0.1, 0.15) is 5.82 Å². The molecule has 5 heteroatoms.